The summed E-state index contributed by atoms with van der Waals surface area (Å²) < 4.78 is 5.07. The fourth-order valence-electron chi connectivity index (χ4n) is 0.970. The van der Waals surface area contributed by atoms with Gasteiger partial charge in [-0.2, -0.15) is 12.6 Å². The van der Waals surface area contributed by atoms with E-state index in [9.17, 15) is 4.79 Å². The molecule has 0 saturated heterocycles. The average Bonchev–Trinajstić information content (AvgIpc) is 2.24. The van der Waals surface area contributed by atoms with E-state index in [1.54, 1.807) is 18.2 Å². The molecule has 0 saturated carbocycles. The Kier molecular flexibility index (Phi) is 4.58. The van der Waals surface area contributed by atoms with Gasteiger partial charge >= 0.3 is 5.97 Å². The van der Waals surface area contributed by atoms with Gasteiger partial charge in [0.15, 0.2) is 6.61 Å². The highest BCUT2D eigenvalue weighted by molar-refractivity contribution is 7.80. The molecule has 0 aliphatic carbocycles. The summed E-state index contributed by atoms with van der Waals surface area (Å²) in [6.45, 7) is -0.362. The van der Waals surface area contributed by atoms with Gasteiger partial charge in [-0.05, 0) is 12.1 Å². The van der Waals surface area contributed by atoms with Crippen molar-refractivity contribution in [2.75, 3.05) is 12.4 Å². The third kappa shape index (κ3) is 3.96. The van der Waals surface area contributed by atoms with Crippen LogP contribution in [0.4, 0.5) is 0 Å². The molecule has 4 heteroatoms. The van der Waals surface area contributed by atoms with Crippen molar-refractivity contribution in [1.29, 1.82) is 0 Å². The largest absolute Gasteiger partial charge is 0.481 e. The Morgan fingerprint density at radius 2 is 2.20 bits per heavy atom. The van der Waals surface area contributed by atoms with Crippen LogP contribution in [0.5, 0.6) is 5.75 Å². The second-order valence-electron chi connectivity index (χ2n) is 2.64. The first-order chi connectivity index (χ1) is 7.24. The zero-order chi connectivity index (χ0) is 11.1. The van der Waals surface area contributed by atoms with Gasteiger partial charge in [0.2, 0.25) is 0 Å². The van der Waals surface area contributed by atoms with Crippen molar-refractivity contribution in [3.63, 3.8) is 0 Å². The lowest BCUT2D eigenvalue weighted by Gasteiger charge is -2.04. The van der Waals surface area contributed by atoms with E-state index in [2.05, 4.69) is 24.5 Å². The monoisotopic (exact) mass is 222 g/mol. The molecule has 0 unspecified atom stereocenters. The number of carboxylic acid groups (broad SMARTS) is 1. The number of carboxylic acids is 1. The van der Waals surface area contributed by atoms with E-state index in [1.807, 2.05) is 6.07 Å². The van der Waals surface area contributed by atoms with Crippen LogP contribution in [-0.4, -0.2) is 23.4 Å². The Morgan fingerprint density at radius 1 is 1.47 bits per heavy atom. The van der Waals surface area contributed by atoms with Crippen LogP contribution in [0, 0.1) is 11.8 Å². The molecule has 0 atom stereocenters. The highest BCUT2D eigenvalue weighted by Gasteiger charge is 2.02. The Morgan fingerprint density at radius 3 is 2.87 bits per heavy atom. The topological polar surface area (TPSA) is 46.5 Å². The molecule has 0 radical (unpaired) electrons. The number of hydrogen-bond donors (Lipinski definition) is 2. The van der Waals surface area contributed by atoms with Gasteiger partial charge in [-0.15, -0.1) is 0 Å². The molecule has 1 aromatic carbocycles. The number of thiol groups is 1. The van der Waals surface area contributed by atoms with Gasteiger partial charge in [-0.1, -0.05) is 24.0 Å². The van der Waals surface area contributed by atoms with Crippen molar-refractivity contribution in [2.24, 2.45) is 0 Å². The summed E-state index contributed by atoms with van der Waals surface area (Å²) in [5.41, 5.74) is 0.674. The number of para-hydroxylation sites is 1. The predicted octanol–water partition coefficient (Wildman–Crippen LogP) is 1.43. The highest BCUT2D eigenvalue weighted by Crippen LogP contribution is 2.16. The minimum atomic E-state index is -1.01. The van der Waals surface area contributed by atoms with Crippen LogP contribution in [0.1, 0.15) is 5.56 Å². The third-order valence-corrected chi connectivity index (χ3v) is 1.70. The van der Waals surface area contributed by atoms with Gasteiger partial charge < -0.3 is 9.84 Å². The van der Waals surface area contributed by atoms with Crippen LogP contribution in [0.25, 0.3) is 0 Å². The summed E-state index contributed by atoms with van der Waals surface area (Å²) in [7, 11) is 0. The molecule has 15 heavy (non-hydrogen) atoms. The zero-order valence-electron chi connectivity index (χ0n) is 7.93. The number of rotatable bonds is 3. The van der Waals surface area contributed by atoms with Crippen molar-refractivity contribution in [2.45, 2.75) is 0 Å². The first-order valence-electron chi connectivity index (χ1n) is 4.27. The maximum atomic E-state index is 10.3. The summed E-state index contributed by atoms with van der Waals surface area (Å²) in [6.07, 6.45) is 0. The first-order valence-corrected chi connectivity index (χ1v) is 4.90. The van der Waals surface area contributed by atoms with E-state index in [0.29, 0.717) is 17.1 Å². The van der Waals surface area contributed by atoms with Crippen LogP contribution < -0.4 is 4.74 Å². The summed E-state index contributed by atoms with van der Waals surface area (Å²) in [6, 6.07) is 7.04. The van der Waals surface area contributed by atoms with E-state index in [1.165, 1.54) is 0 Å². The Balaban J connectivity index is 2.81. The van der Waals surface area contributed by atoms with Crippen LogP contribution >= 0.6 is 12.6 Å². The summed E-state index contributed by atoms with van der Waals surface area (Å²) >= 11 is 3.96. The molecule has 78 valence electrons. The SMILES string of the molecule is O=C(O)COc1ccccc1C#CCS. The number of benzene rings is 1. The number of carbonyl (C=O) groups is 1. The fraction of sp³-hybridized carbons (Fsp3) is 0.182. The van der Waals surface area contributed by atoms with Gasteiger partial charge in [-0.25, -0.2) is 4.79 Å². The fourth-order valence-corrected chi connectivity index (χ4v) is 1.05. The highest BCUT2D eigenvalue weighted by atomic mass is 32.1. The molecular weight excluding hydrogens is 212 g/mol. The van der Waals surface area contributed by atoms with Gasteiger partial charge in [0.25, 0.3) is 0 Å². The van der Waals surface area contributed by atoms with Gasteiger partial charge in [0.05, 0.1) is 11.3 Å². The van der Waals surface area contributed by atoms with Crippen molar-refractivity contribution in [3.05, 3.63) is 29.8 Å². The molecular formula is C11H10O3S. The second kappa shape index (κ2) is 5.99. The number of aliphatic carboxylic acids is 1. The molecule has 3 nitrogen and oxygen atoms in total. The zero-order valence-corrected chi connectivity index (χ0v) is 8.83. The molecule has 0 spiro atoms. The van der Waals surface area contributed by atoms with Crippen molar-refractivity contribution in [3.8, 4) is 17.6 Å². The average molecular weight is 222 g/mol. The third-order valence-electron chi connectivity index (χ3n) is 1.54. The Hall–Kier alpha value is -1.60. The van der Waals surface area contributed by atoms with Crippen LogP contribution in [-0.2, 0) is 4.79 Å². The molecule has 1 N–H and O–H groups in total. The molecule has 0 aliphatic heterocycles. The summed E-state index contributed by atoms with van der Waals surface area (Å²) in [5.74, 6) is 5.55. The van der Waals surface area contributed by atoms with Gasteiger partial charge in [0.1, 0.15) is 5.75 Å². The number of ether oxygens (including phenoxy) is 1. The van der Waals surface area contributed by atoms with E-state index >= 15 is 0 Å². The molecule has 0 fully saturated rings. The van der Waals surface area contributed by atoms with Crippen molar-refractivity contribution < 1.29 is 14.6 Å². The molecule has 0 bridgehead atoms. The van der Waals surface area contributed by atoms with E-state index in [0.717, 1.165) is 0 Å². The van der Waals surface area contributed by atoms with Crippen molar-refractivity contribution >= 4 is 18.6 Å². The lowest BCUT2D eigenvalue weighted by Crippen LogP contribution is -2.10. The molecule has 0 amide bonds. The predicted molar refractivity (Wildman–Crippen MR) is 60.3 cm³/mol. The normalized spacial score (nSPS) is 8.87. The van der Waals surface area contributed by atoms with E-state index in [4.69, 9.17) is 9.84 Å². The van der Waals surface area contributed by atoms with E-state index < -0.39 is 5.97 Å². The number of hydrogen-bond acceptors (Lipinski definition) is 3. The standard InChI is InChI=1S/C11H10O3S/c12-11(13)8-14-10-6-2-1-4-9(10)5-3-7-15/h1-2,4,6,15H,7-8H2,(H,12,13). The van der Waals surface area contributed by atoms with Crippen LogP contribution in [0.15, 0.2) is 24.3 Å². The lowest BCUT2D eigenvalue weighted by atomic mass is 10.2. The van der Waals surface area contributed by atoms with E-state index in [-0.39, 0.29) is 6.61 Å². The summed E-state index contributed by atoms with van der Waals surface area (Å²) in [5, 5.41) is 8.47. The minimum Gasteiger partial charge on any atom is -0.481 e. The smallest absolute Gasteiger partial charge is 0.341 e. The molecule has 1 rings (SSSR count). The van der Waals surface area contributed by atoms with Crippen LogP contribution in [0.3, 0.4) is 0 Å². The van der Waals surface area contributed by atoms with Crippen LogP contribution in [0.2, 0.25) is 0 Å². The molecule has 1 aromatic rings. The molecule has 0 heterocycles. The Bertz CT molecular complexity index is 404. The molecule has 0 aromatic heterocycles. The summed E-state index contributed by atoms with van der Waals surface area (Å²) in [4.78, 5) is 10.3. The minimum absolute atomic E-state index is 0.362. The van der Waals surface area contributed by atoms with Gasteiger partial charge in [0, 0.05) is 0 Å². The first kappa shape index (κ1) is 11.5. The Labute approximate surface area is 93.5 Å². The lowest BCUT2D eigenvalue weighted by molar-refractivity contribution is -0.139. The second-order valence-corrected chi connectivity index (χ2v) is 2.95. The quantitative estimate of drug-likeness (QED) is 0.601. The maximum absolute atomic E-state index is 10.3. The van der Waals surface area contributed by atoms with Gasteiger partial charge in [-0.3, -0.25) is 0 Å². The van der Waals surface area contributed by atoms with Crippen molar-refractivity contribution in [1.82, 2.24) is 0 Å². The maximum Gasteiger partial charge on any atom is 0.341 e. The molecule has 0 aliphatic rings.